The summed E-state index contributed by atoms with van der Waals surface area (Å²) in [6.45, 7) is 0. The van der Waals surface area contributed by atoms with Crippen LogP contribution >= 0.6 is 23.5 Å². The van der Waals surface area contributed by atoms with Crippen LogP contribution in [0.5, 0.6) is 0 Å². The highest BCUT2D eigenvalue weighted by molar-refractivity contribution is 7.99. The van der Waals surface area contributed by atoms with Gasteiger partial charge < -0.3 is 32.5 Å². The molecule has 0 rings (SSSR count). The number of rotatable bonds is 11. The smallest absolute Gasteiger partial charge is 0.321 e. The van der Waals surface area contributed by atoms with E-state index in [1.54, 1.807) is 11.8 Å². The molecule has 0 saturated heterocycles. The summed E-state index contributed by atoms with van der Waals surface area (Å²) in [5.74, 6) is -1.44. The molecule has 0 amide bonds. The Labute approximate surface area is 143 Å². The van der Waals surface area contributed by atoms with Gasteiger partial charge >= 0.3 is 17.9 Å². The largest absolute Gasteiger partial charge is 0.480 e. The number of nitrogens with two attached hydrogens (primary N) is 3. The molecule has 0 heterocycles. The molecule has 11 heteroatoms. The molecule has 0 aliphatic carbocycles. The van der Waals surface area contributed by atoms with E-state index in [4.69, 9.17) is 32.5 Å². The second-order valence-electron chi connectivity index (χ2n) is 4.48. The van der Waals surface area contributed by atoms with E-state index in [1.165, 1.54) is 11.8 Å². The summed E-state index contributed by atoms with van der Waals surface area (Å²) in [6.07, 6.45) is 2.79. The molecule has 0 aromatic carbocycles. The van der Waals surface area contributed by atoms with Crippen LogP contribution in [0.3, 0.4) is 0 Å². The van der Waals surface area contributed by atoms with E-state index in [0.29, 0.717) is 18.6 Å². The maximum Gasteiger partial charge on any atom is 0.321 e. The predicted molar refractivity (Wildman–Crippen MR) is 91.8 cm³/mol. The van der Waals surface area contributed by atoms with Crippen molar-refractivity contribution in [1.29, 1.82) is 0 Å². The fourth-order valence-corrected chi connectivity index (χ4v) is 2.46. The third-order valence-electron chi connectivity index (χ3n) is 2.46. The lowest BCUT2D eigenvalue weighted by Gasteiger charge is -2.07. The zero-order valence-corrected chi connectivity index (χ0v) is 14.5. The number of thioether (sulfide) groups is 2. The fourth-order valence-electron chi connectivity index (χ4n) is 0.984. The maximum atomic E-state index is 10.3. The average Bonchev–Trinajstić information content (AvgIpc) is 2.48. The summed E-state index contributed by atoms with van der Waals surface area (Å²) in [6, 6.07) is -2.47. The third kappa shape index (κ3) is 15.7. The Morgan fingerprint density at radius 2 is 1.22 bits per heavy atom. The van der Waals surface area contributed by atoms with Crippen molar-refractivity contribution in [1.82, 2.24) is 0 Å². The molecule has 0 saturated carbocycles. The van der Waals surface area contributed by atoms with Gasteiger partial charge in [-0.3, -0.25) is 14.4 Å². The molecular weight excluding hydrogens is 346 g/mol. The highest BCUT2D eigenvalue weighted by atomic mass is 32.2. The van der Waals surface area contributed by atoms with Crippen LogP contribution in [-0.4, -0.2) is 74.9 Å². The Morgan fingerprint density at radius 1 is 0.826 bits per heavy atom. The van der Waals surface area contributed by atoms with Gasteiger partial charge in [-0.25, -0.2) is 0 Å². The second kappa shape index (κ2) is 14.6. The summed E-state index contributed by atoms with van der Waals surface area (Å²) >= 11 is 2.89. The van der Waals surface area contributed by atoms with Gasteiger partial charge in [-0.05, 0) is 30.6 Å². The molecule has 23 heavy (non-hydrogen) atoms. The lowest BCUT2D eigenvalue weighted by Crippen LogP contribution is -2.33. The Balaban J connectivity index is 0. The Bertz CT molecular complexity index is 351. The van der Waals surface area contributed by atoms with E-state index in [9.17, 15) is 14.4 Å². The first-order valence-corrected chi connectivity index (χ1v) is 9.20. The monoisotopic (exact) mass is 371 g/mol. The van der Waals surface area contributed by atoms with Crippen molar-refractivity contribution in [2.45, 2.75) is 31.0 Å². The SMILES string of the molecule is CSCC[C@H](N)C(=O)O.N[C@@H](CCSC[C@H](N)C(=O)O)C(=O)O. The summed E-state index contributed by atoms with van der Waals surface area (Å²) in [5, 5.41) is 25.1. The number of hydrogen-bond acceptors (Lipinski definition) is 8. The van der Waals surface area contributed by atoms with E-state index < -0.39 is 36.0 Å². The van der Waals surface area contributed by atoms with Crippen LogP contribution in [0.1, 0.15) is 12.8 Å². The maximum absolute atomic E-state index is 10.3. The molecule has 0 spiro atoms. The van der Waals surface area contributed by atoms with Crippen molar-refractivity contribution in [3.63, 3.8) is 0 Å². The second-order valence-corrected chi connectivity index (χ2v) is 6.61. The van der Waals surface area contributed by atoms with Crippen LogP contribution in [0.2, 0.25) is 0 Å². The van der Waals surface area contributed by atoms with Crippen molar-refractivity contribution < 1.29 is 29.7 Å². The van der Waals surface area contributed by atoms with Gasteiger partial charge in [-0.1, -0.05) is 0 Å². The van der Waals surface area contributed by atoms with Crippen LogP contribution in [0.15, 0.2) is 0 Å². The molecule has 0 aliphatic heterocycles. The van der Waals surface area contributed by atoms with Crippen LogP contribution in [0.25, 0.3) is 0 Å². The molecule has 0 fully saturated rings. The lowest BCUT2D eigenvalue weighted by atomic mass is 10.2. The van der Waals surface area contributed by atoms with Crippen LogP contribution < -0.4 is 17.2 Å². The molecule has 0 aromatic heterocycles. The fraction of sp³-hybridized carbons (Fsp3) is 0.750. The van der Waals surface area contributed by atoms with Crippen molar-refractivity contribution in [3.05, 3.63) is 0 Å². The van der Waals surface area contributed by atoms with Gasteiger partial charge in [0, 0.05) is 5.75 Å². The summed E-state index contributed by atoms with van der Waals surface area (Å²) < 4.78 is 0. The predicted octanol–water partition coefficient (Wildman–Crippen LogP) is -0.915. The molecule has 0 aromatic rings. The molecule has 0 aliphatic rings. The molecule has 9 nitrogen and oxygen atoms in total. The Morgan fingerprint density at radius 3 is 1.57 bits per heavy atom. The molecule has 0 radical (unpaired) electrons. The third-order valence-corrected chi connectivity index (χ3v) is 4.22. The minimum Gasteiger partial charge on any atom is -0.480 e. The number of hydrogen-bond donors (Lipinski definition) is 6. The van der Waals surface area contributed by atoms with E-state index in [-0.39, 0.29) is 5.75 Å². The van der Waals surface area contributed by atoms with Crippen molar-refractivity contribution in [2.24, 2.45) is 17.2 Å². The van der Waals surface area contributed by atoms with Gasteiger partial charge in [-0.2, -0.15) is 23.5 Å². The topological polar surface area (TPSA) is 190 Å². The number of carboxylic acids is 3. The molecule has 9 N–H and O–H groups in total. The van der Waals surface area contributed by atoms with Crippen LogP contribution in [0, 0.1) is 0 Å². The van der Waals surface area contributed by atoms with Crippen molar-refractivity contribution in [3.8, 4) is 0 Å². The van der Waals surface area contributed by atoms with E-state index in [0.717, 1.165) is 5.75 Å². The van der Waals surface area contributed by atoms with Crippen molar-refractivity contribution in [2.75, 3.05) is 23.5 Å². The first-order valence-electron chi connectivity index (χ1n) is 6.65. The standard InChI is InChI=1S/C7H14N2O4S.C5H11NO2S/c8-4(6(10)11)1-2-14-3-5(9)7(12)13;1-9-3-2-4(6)5(7)8/h4-5H,1-3,8-9H2,(H,10,11)(H,12,13);4H,2-3,6H2,1H3,(H,7,8)/t4-,5-;4-/m00/s1. The van der Waals surface area contributed by atoms with E-state index in [2.05, 4.69) is 0 Å². The molecule has 0 unspecified atom stereocenters. The molecule has 0 bridgehead atoms. The summed E-state index contributed by atoms with van der Waals surface area (Å²) in [5.41, 5.74) is 15.6. The highest BCUT2D eigenvalue weighted by Gasteiger charge is 2.13. The van der Waals surface area contributed by atoms with Gasteiger partial charge in [0.05, 0.1) is 0 Å². The normalized spacial score (nSPS) is 14.1. The van der Waals surface area contributed by atoms with Gasteiger partial charge in [-0.15, -0.1) is 0 Å². The van der Waals surface area contributed by atoms with Crippen molar-refractivity contribution >= 4 is 41.4 Å². The molecule has 3 atom stereocenters. The Kier molecular flexibility index (Phi) is 15.4. The minimum absolute atomic E-state index is 0.266. The van der Waals surface area contributed by atoms with Crippen LogP contribution in [-0.2, 0) is 14.4 Å². The first kappa shape index (κ1) is 24.2. The zero-order chi connectivity index (χ0) is 18.4. The highest BCUT2D eigenvalue weighted by Crippen LogP contribution is 2.05. The van der Waals surface area contributed by atoms with Crippen LogP contribution in [0.4, 0.5) is 0 Å². The molecular formula is C12H25N3O6S2. The van der Waals surface area contributed by atoms with Gasteiger partial charge in [0.25, 0.3) is 0 Å². The van der Waals surface area contributed by atoms with Gasteiger partial charge in [0.15, 0.2) is 0 Å². The van der Waals surface area contributed by atoms with Gasteiger partial charge in [0.1, 0.15) is 18.1 Å². The summed E-state index contributed by atoms with van der Waals surface area (Å²) in [7, 11) is 0. The lowest BCUT2D eigenvalue weighted by molar-refractivity contribution is -0.139. The number of carboxylic acid groups (broad SMARTS) is 3. The summed E-state index contributed by atoms with van der Waals surface area (Å²) in [4.78, 5) is 30.6. The molecule has 136 valence electrons. The number of aliphatic carboxylic acids is 3. The minimum atomic E-state index is -1.06. The quantitative estimate of drug-likeness (QED) is 0.246. The van der Waals surface area contributed by atoms with Gasteiger partial charge in [0.2, 0.25) is 0 Å². The number of carbonyl (C=O) groups is 3. The zero-order valence-electron chi connectivity index (χ0n) is 12.9. The van der Waals surface area contributed by atoms with E-state index >= 15 is 0 Å². The van der Waals surface area contributed by atoms with E-state index in [1.807, 2.05) is 6.26 Å². The average molecular weight is 371 g/mol. The first-order chi connectivity index (χ1) is 10.6. The Hall–Kier alpha value is -1.01.